The fraction of sp³-hybridized carbons (Fsp3) is 0.357. The molecular weight excluding hydrogens is 386 g/mol. The topological polar surface area (TPSA) is 39.1 Å². The first-order chi connectivity index (χ1) is 9.65. The van der Waals surface area contributed by atoms with Crippen molar-refractivity contribution in [1.82, 2.24) is 14.9 Å². The van der Waals surface area contributed by atoms with Gasteiger partial charge < -0.3 is 14.6 Å². The minimum absolute atomic E-state index is 0.496. The molecule has 1 heterocycles. The van der Waals surface area contributed by atoms with Crippen LogP contribution < -0.4 is 10.1 Å². The summed E-state index contributed by atoms with van der Waals surface area (Å²) in [5.74, 6) is 0.814. The molecule has 0 aliphatic rings. The Morgan fingerprint density at radius 3 is 2.60 bits per heavy atom. The van der Waals surface area contributed by atoms with Crippen LogP contribution in [0, 0.1) is 0 Å². The van der Waals surface area contributed by atoms with Gasteiger partial charge in [-0.05, 0) is 63.5 Å². The lowest BCUT2D eigenvalue weighted by Gasteiger charge is -2.13. The summed E-state index contributed by atoms with van der Waals surface area (Å²) in [5, 5.41) is 3.13. The van der Waals surface area contributed by atoms with Gasteiger partial charge in [0.05, 0.1) is 27.2 Å². The molecule has 1 N–H and O–H groups in total. The normalized spacial score (nSPS) is 10.8. The van der Waals surface area contributed by atoms with Crippen molar-refractivity contribution in [2.75, 3.05) is 7.05 Å². The van der Waals surface area contributed by atoms with Gasteiger partial charge in [0, 0.05) is 13.1 Å². The molecule has 0 fully saturated rings. The number of nitrogens with zero attached hydrogens (tertiary/aromatic N) is 2. The van der Waals surface area contributed by atoms with Crippen molar-refractivity contribution in [2.45, 2.75) is 26.6 Å². The summed E-state index contributed by atoms with van der Waals surface area (Å²) in [6.45, 7) is 4.29. The van der Waals surface area contributed by atoms with E-state index in [1.165, 1.54) is 5.56 Å². The number of rotatable bonds is 6. The fourth-order valence-corrected chi connectivity index (χ4v) is 3.47. The number of hydrogen-bond acceptors (Lipinski definition) is 3. The number of aryl methyl sites for hydroxylation is 1. The Balaban J connectivity index is 2.13. The highest BCUT2D eigenvalue weighted by Gasteiger charge is 2.10. The monoisotopic (exact) mass is 401 g/mol. The van der Waals surface area contributed by atoms with E-state index in [2.05, 4.69) is 65.8 Å². The van der Waals surface area contributed by atoms with E-state index >= 15 is 0 Å². The van der Waals surface area contributed by atoms with Crippen LogP contribution in [-0.4, -0.2) is 16.6 Å². The summed E-state index contributed by atoms with van der Waals surface area (Å²) >= 11 is 7.13. The van der Waals surface area contributed by atoms with Gasteiger partial charge in [0.2, 0.25) is 0 Å². The zero-order valence-corrected chi connectivity index (χ0v) is 14.7. The molecule has 0 bridgehead atoms. The molecule has 0 saturated carbocycles. The molecule has 0 spiro atoms. The van der Waals surface area contributed by atoms with Crippen molar-refractivity contribution in [3.8, 4) is 5.75 Å². The number of imidazole rings is 1. The Hall–Kier alpha value is -0.850. The van der Waals surface area contributed by atoms with Gasteiger partial charge in [0.15, 0.2) is 0 Å². The lowest BCUT2D eigenvalue weighted by Crippen LogP contribution is -2.06. The third-order valence-electron chi connectivity index (χ3n) is 2.94. The van der Waals surface area contributed by atoms with Gasteiger partial charge in [-0.3, -0.25) is 0 Å². The third kappa shape index (κ3) is 3.62. The van der Waals surface area contributed by atoms with E-state index in [4.69, 9.17) is 4.74 Å². The van der Waals surface area contributed by atoms with Crippen LogP contribution in [0.25, 0.3) is 0 Å². The largest absolute Gasteiger partial charge is 0.485 e. The van der Waals surface area contributed by atoms with Gasteiger partial charge in [0.25, 0.3) is 0 Å². The maximum Gasteiger partial charge on any atom is 0.148 e. The van der Waals surface area contributed by atoms with E-state index in [1.54, 1.807) is 0 Å². The zero-order chi connectivity index (χ0) is 14.5. The SMILES string of the molecule is CCn1cncc1COc1c(Br)cc(CNC)cc1Br. The van der Waals surface area contributed by atoms with Crippen LogP contribution in [0.5, 0.6) is 5.75 Å². The van der Waals surface area contributed by atoms with Crippen LogP contribution in [0.1, 0.15) is 18.2 Å². The van der Waals surface area contributed by atoms with Crippen molar-refractivity contribution < 1.29 is 4.74 Å². The third-order valence-corrected chi connectivity index (χ3v) is 4.12. The predicted molar refractivity (Wildman–Crippen MR) is 86.8 cm³/mol. The van der Waals surface area contributed by atoms with Gasteiger partial charge >= 0.3 is 0 Å². The molecule has 1 aromatic carbocycles. The highest BCUT2D eigenvalue weighted by Crippen LogP contribution is 2.35. The Bertz CT molecular complexity index is 561. The average Bonchev–Trinajstić information content (AvgIpc) is 2.85. The summed E-state index contributed by atoms with van der Waals surface area (Å²) in [5.41, 5.74) is 2.25. The maximum atomic E-state index is 5.91. The van der Waals surface area contributed by atoms with Gasteiger partial charge in [-0.25, -0.2) is 4.98 Å². The van der Waals surface area contributed by atoms with Gasteiger partial charge in [-0.1, -0.05) is 0 Å². The van der Waals surface area contributed by atoms with E-state index in [9.17, 15) is 0 Å². The van der Waals surface area contributed by atoms with Gasteiger partial charge in [-0.15, -0.1) is 0 Å². The Labute approximate surface area is 135 Å². The molecule has 0 atom stereocenters. The van der Waals surface area contributed by atoms with Gasteiger partial charge in [-0.2, -0.15) is 0 Å². The predicted octanol–water partition coefficient (Wildman–Crippen LogP) is 3.73. The second kappa shape index (κ2) is 7.24. The molecule has 4 nitrogen and oxygen atoms in total. The second-order valence-corrected chi connectivity index (χ2v) is 6.09. The smallest absolute Gasteiger partial charge is 0.148 e. The molecule has 0 amide bonds. The first-order valence-electron chi connectivity index (χ1n) is 6.40. The first-order valence-corrected chi connectivity index (χ1v) is 7.98. The summed E-state index contributed by atoms with van der Waals surface area (Å²) in [6, 6.07) is 4.13. The van der Waals surface area contributed by atoms with E-state index in [1.807, 2.05) is 19.6 Å². The van der Waals surface area contributed by atoms with Crippen molar-refractivity contribution in [3.63, 3.8) is 0 Å². The minimum Gasteiger partial charge on any atom is -0.485 e. The van der Waals surface area contributed by atoms with E-state index in [0.717, 1.165) is 33.5 Å². The lowest BCUT2D eigenvalue weighted by molar-refractivity contribution is 0.291. The van der Waals surface area contributed by atoms with Crippen molar-refractivity contribution in [1.29, 1.82) is 0 Å². The molecule has 108 valence electrons. The minimum atomic E-state index is 0.496. The highest BCUT2D eigenvalue weighted by molar-refractivity contribution is 9.11. The molecular formula is C14H17Br2N3O. The molecule has 0 saturated heterocycles. The van der Waals surface area contributed by atoms with E-state index in [-0.39, 0.29) is 0 Å². The van der Waals surface area contributed by atoms with Crippen LogP contribution >= 0.6 is 31.9 Å². The quantitative estimate of drug-likeness (QED) is 0.800. The summed E-state index contributed by atoms with van der Waals surface area (Å²) in [6.07, 6.45) is 3.65. The molecule has 0 radical (unpaired) electrons. The van der Waals surface area contributed by atoms with Crippen LogP contribution in [0.4, 0.5) is 0 Å². The molecule has 2 rings (SSSR count). The van der Waals surface area contributed by atoms with Crippen molar-refractivity contribution in [3.05, 3.63) is 44.9 Å². The van der Waals surface area contributed by atoms with Crippen molar-refractivity contribution in [2.24, 2.45) is 0 Å². The standard InChI is InChI=1S/C14H17Br2N3O/c1-3-19-9-18-7-11(19)8-20-14-12(15)4-10(6-17-2)5-13(14)16/h4-5,7,9,17H,3,6,8H2,1-2H3. The molecule has 0 aliphatic carbocycles. The molecule has 0 unspecified atom stereocenters. The molecule has 1 aromatic heterocycles. The van der Waals surface area contributed by atoms with Gasteiger partial charge in [0.1, 0.15) is 12.4 Å². The number of aromatic nitrogens is 2. The average molecular weight is 403 g/mol. The lowest BCUT2D eigenvalue weighted by atomic mass is 10.2. The Morgan fingerprint density at radius 1 is 1.30 bits per heavy atom. The van der Waals surface area contributed by atoms with Crippen molar-refractivity contribution >= 4 is 31.9 Å². The van der Waals surface area contributed by atoms with E-state index in [0.29, 0.717) is 6.61 Å². The Morgan fingerprint density at radius 2 is 2.00 bits per heavy atom. The van der Waals surface area contributed by atoms with Crippen LogP contribution in [0.2, 0.25) is 0 Å². The number of ether oxygens (including phenoxy) is 1. The first kappa shape index (κ1) is 15.5. The molecule has 2 aromatic rings. The maximum absolute atomic E-state index is 5.91. The number of halogens is 2. The highest BCUT2D eigenvalue weighted by atomic mass is 79.9. The fourth-order valence-electron chi connectivity index (χ4n) is 1.96. The second-order valence-electron chi connectivity index (χ2n) is 4.38. The van der Waals surface area contributed by atoms with Crippen LogP contribution in [0.3, 0.4) is 0 Å². The van der Waals surface area contributed by atoms with Crippen LogP contribution in [0.15, 0.2) is 33.6 Å². The number of hydrogen-bond donors (Lipinski definition) is 1. The molecule has 0 aliphatic heterocycles. The zero-order valence-electron chi connectivity index (χ0n) is 11.5. The van der Waals surface area contributed by atoms with Crippen LogP contribution in [-0.2, 0) is 19.7 Å². The molecule has 20 heavy (non-hydrogen) atoms. The Kier molecular flexibility index (Phi) is 5.63. The summed E-state index contributed by atoms with van der Waals surface area (Å²) in [7, 11) is 1.93. The summed E-state index contributed by atoms with van der Waals surface area (Å²) < 4.78 is 9.87. The number of nitrogens with one attached hydrogen (secondary N) is 1. The summed E-state index contributed by atoms with van der Waals surface area (Å²) in [4.78, 5) is 4.14. The van der Waals surface area contributed by atoms with E-state index < -0.39 is 0 Å². The number of benzene rings is 1. The molecule has 6 heteroatoms.